The molecule has 2 aromatic rings. The molecule has 0 N–H and O–H groups in total. The number of alkyl halides is 3. The van der Waals surface area contributed by atoms with E-state index in [1.807, 2.05) is 0 Å². The Balaban J connectivity index is 2.80. The second-order valence-corrected chi connectivity index (χ2v) is 5.46. The van der Waals surface area contributed by atoms with Crippen LogP contribution in [0.5, 0.6) is 0 Å². The lowest BCUT2D eigenvalue weighted by molar-refractivity contribution is -0.144. The largest absolute Gasteiger partial charge is 0.431 e. The maximum absolute atomic E-state index is 14.2. The summed E-state index contributed by atoms with van der Waals surface area (Å²) in [6.07, 6.45) is -2.83. The Bertz CT molecular complexity index is 900. The van der Waals surface area contributed by atoms with Gasteiger partial charge in [0.25, 0.3) is 5.56 Å². The van der Waals surface area contributed by atoms with Crippen LogP contribution in [0.25, 0.3) is 5.69 Å². The van der Waals surface area contributed by atoms with Gasteiger partial charge in [-0.15, -0.1) is 0 Å². The molecule has 0 fully saturated rings. The molecule has 4 nitrogen and oxygen atoms in total. The summed E-state index contributed by atoms with van der Waals surface area (Å²) in [5.74, 6) is -0.987. The van der Waals surface area contributed by atoms with E-state index in [0.29, 0.717) is 16.6 Å². The number of hydrogen-bond donors (Lipinski definition) is 0. The van der Waals surface area contributed by atoms with Gasteiger partial charge in [-0.2, -0.15) is 13.2 Å². The Morgan fingerprint density at radius 2 is 1.83 bits per heavy atom. The maximum atomic E-state index is 14.2. The van der Waals surface area contributed by atoms with E-state index in [4.69, 9.17) is 11.6 Å². The smallest absolute Gasteiger partial charge is 0.292 e. The number of hydrogen-bond acceptors (Lipinski definition) is 2. The summed E-state index contributed by atoms with van der Waals surface area (Å²) >= 11 is 5.88. The molecule has 1 heterocycles. The molecule has 0 amide bonds. The average Bonchev–Trinajstić information content (AvgIpc) is 2.46. The van der Waals surface area contributed by atoms with Gasteiger partial charge in [0, 0.05) is 18.1 Å². The highest BCUT2D eigenvalue weighted by atomic mass is 35.5. The first-order valence-electron chi connectivity index (χ1n) is 6.74. The fraction of sp³-hybridized carbons (Fsp3) is 0.267. The van der Waals surface area contributed by atoms with E-state index in [1.54, 1.807) is 13.3 Å². The summed E-state index contributed by atoms with van der Waals surface area (Å²) in [5.41, 5.74) is -4.01. The third kappa shape index (κ3) is 3.24. The first kappa shape index (κ1) is 18.3. The number of rotatable bonds is 3. The Morgan fingerprint density at radius 3 is 2.38 bits per heavy atom. The molecular weight excluding hydrogens is 352 g/mol. The number of nitrogens with zero attached hydrogens (tertiary/aromatic N) is 2. The summed E-state index contributed by atoms with van der Waals surface area (Å²) in [6.45, 7) is 1.72. The molecule has 9 heteroatoms. The Labute approximate surface area is 138 Å². The van der Waals surface area contributed by atoms with Gasteiger partial charge >= 0.3 is 11.9 Å². The molecule has 0 aliphatic rings. The zero-order valence-corrected chi connectivity index (χ0v) is 13.4. The van der Waals surface area contributed by atoms with Gasteiger partial charge in [0.05, 0.1) is 5.69 Å². The topological polar surface area (TPSA) is 44.0 Å². The summed E-state index contributed by atoms with van der Waals surface area (Å²) in [6, 6.07) is 2.34. The predicted octanol–water partition coefficient (Wildman–Crippen LogP) is 3.11. The van der Waals surface area contributed by atoms with E-state index >= 15 is 0 Å². The van der Waals surface area contributed by atoms with Crippen molar-refractivity contribution in [2.75, 3.05) is 0 Å². The number of benzene rings is 1. The quantitative estimate of drug-likeness (QED) is 0.786. The molecule has 0 unspecified atom stereocenters. The molecule has 0 aliphatic heterocycles. The van der Waals surface area contributed by atoms with Crippen molar-refractivity contribution in [1.82, 2.24) is 9.13 Å². The minimum absolute atomic E-state index is 0.0890. The highest BCUT2D eigenvalue weighted by Crippen LogP contribution is 2.27. The standard InChI is InChI=1S/C15H12ClF4N2O2/c1-3-4-8-5-11(10(17)6-9(8)16)22-13(23)7-12(15(18,19)20)21(2)14(22)24/h3,5-7H,4H2,1-2H3. The lowest BCUT2D eigenvalue weighted by Crippen LogP contribution is -2.41. The van der Waals surface area contributed by atoms with Crippen LogP contribution in [0.1, 0.15) is 18.2 Å². The van der Waals surface area contributed by atoms with Crippen molar-refractivity contribution in [2.24, 2.45) is 7.05 Å². The zero-order valence-electron chi connectivity index (χ0n) is 12.6. The molecule has 2 rings (SSSR count). The molecule has 0 bridgehead atoms. The number of halogens is 5. The molecular formula is C15H12ClF4N2O2. The van der Waals surface area contributed by atoms with Gasteiger partial charge in [0.15, 0.2) is 0 Å². The van der Waals surface area contributed by atoms with Crippen LogP contribution >= 0.6 is 11.6 Å². The predicted molar refractivity (Wildman–Crippen MR) is 80.9 cm³/mol. The average molecular weight is 364 g/mol. The van der Waals surface area contributed by atoms with Crippen molar-refractivity contribution in [3.05, 3.63) is 67.6 Å². The summed E-state index contributed by atoms with van der Waals surface area (Å²) in [4.78, 5) is 24.2. The molecule has 1 radical (unpaired) electrons. The summed E-state index contributed by atoms with van der Waals surface area (Å²) < 4.78 is 53.3. The SMILES string of the molecule is C[CH]Cc1cc(-n2c(=O)cc(C(F)(F)F)n(C)c2=O)c(F)cc1Cl. The molecule has 129 valence electrons. The third-order valence-electron chi connectivity index (χ3n) is 3.39. The number of aromatic nitrogens is 2. The summed E-state index contributed by atoms with van der Waals surface area (Å²) in [7, 11) is 0.857. The van der Waals surface area contributed by atoms with E-state index in [-0.39, 0.29) is 15.7 Å². The van der Waals surface area contributed by atoms with Crippen LogP contribution in [0, 0.1) is 12.2 Å². The lowest BCUT2D eigenvalue weighted by atomic mass is 10.1. The minimum Gasteiger partial charge on any atom is -0.292 e. The van der Waals surface area contributed by atoms with Gasteiger partial charge in [-0.05, 0) is 30.5 Å². The van der Waals surface area contributed by atoms with E-state index in [9.17, 15) is 27.2 Å². The van der Waals surface area contributed by atoms with Crippen LogP contribution in [0.15, 0.2) is 27.8 Å². The highest BCUT2D eigenvalue weighted by Gasteiger charge is 2.35. The monoisotopic (exact) mass is 363 g/mol. The van der Waals surface area contributed by atoms with E-state index in [1.165, 1.54) is 6.07 Å². The second kappa shape index (κ2) is 6.43. The van der Waals surface area contributed by atoms with Crippen molar-refractivity contribution in [1.29, 1.82) is 0 Å². The fourth-order valence-corrected chi connectivity index (χ4v) is 2.48. The first-order chi connectivity index (χ1) is 11.1. The Morgan fingerprint density at radius 1 is 1.21 bits per heavy atom. The van der Waals surface area contributed by atoms with Gasteiger partial charge in [0.2, 0.25) is 0 Å². The third-order valence-corrected chi connectivity index (χ3v) is 3.74. The highest BCUT2D eigenvalue weighted by molar-refractivity contribution is 6.31. The van der Waals surface area contributed by atoms with Crippen molar-refractivity contribution in [2.45, 2.75) is 19.5 Å². The van der Waals surface area contributed by atoms with Crippen molar-refractivity contribution < 1.29 is 17.6 Å². The fourth-order valence-electron chi connectivity index (χ4n) is 2.25. The van der Waals surface area contributed by atoms with E-state index in [0.717, 1.165) is 13.1 Å². The van der Waals surface area contributed by atoms with Gasteiger partial charge in [0.1, 0.15) is 11.5 Å². The van der Waals surface area contributed by atoms with Gasteiger partial charge in [-0.3, -0.25) is 9.36 Å². The molecule has 0 atom stereocenters. The molecule has 24 heavy (non-hydrogen) atoms. The van der Waals surface area contributed by atoms with Crippen molar-refractivity contribution >= 4 is 11.6 Å². The molecule has 1 aromatic heterocycles. The van der Waals surface area contributed by atoms with Gasteiger partial charge in [-0.1, -0.05) is 18.5 Å². The van der Waals surface area contributed by atoms with Crippen LogP contribution in [-0.2, 0) is 19.6 Å². The van der Waals surface area contributed by atoms with Crippen LogP contribution < -0.4 is 11.2 Å². The molecule has 0 spiro atoms. The maximum Gasteiger partial charge on any atom is 0.431 e. The molecule has 0 saturated heterocycles. The molecule has 1 aromatic carbocycles. The van der Waals surface area contributed by atoms with Crippen molar-refractivity contribution in [3.63, 3.8) is 0 Å². The normalized spacial score (nSPS) is 11.8. The van der Waals surface area contributed by atoms with Gasteiger partial charge < -0.3 is 0 Å². The zero-order chi connectivity index (χ0) is 18.2. The summed E-state index contributed by atoms with van der Waals surface area (Å²) in [5, 5.41) is 0.0890. The molecule has 0 saturated carbocycles. The van der Waals surface area contributed by atoms with Crippen LogP contribution in [0.2, 0.25) is 5.02 Å². The second-order valence-electron chi connectivity index (χ2n) is 5.05. The Kier molecular flexibility index (Phi) is 4.89. The first-order valence-corrected chi connectivity index (χ1v) is 7.12. The van der Waals surface area contributed by atoms with Crippen LogP contribution in [0.4, 0.5) is 17.6 Å². The van der Waals surface area contributed by atoms with Gasteiger partial charge in [-0.25, -0.2) is 13.8 Å². The van der Waals surface area contributed by atoms with Crippen molar-refractivity contribution in [3.8, 4) is 5.69 Å². The van der Waals surface area contributed by atoms with Crippen LogP contribution in [0.3, 0.4) is 0 Å². The van der Waals surface area contributed by atoms with E-state index in [2.05, 4.69) is 0 Å². The molecule has 0 aliphatic carbocycles. The van der Waals surface area contributed by atoms with E-state index < -0.39 is 34.6 Å². The Hall–Kier alpha value is -2.09. The van der Waals surface area contributed by atoms with Crippen LogP contribution in [-0.4, -0.2) is 9.13 Å². The minimum atomic E-state index is -4.88. The lowest BCUT2D eigenvalue weighted by Gasteiger charge is -2.15.